The fraction of sp³-hybridized carbons (Fsp3) is 1.00. The van der Waals surface area contributed by atoms with Gasteiger partial charge in [0.15, 0.2) is 0 Å². The minimum Gasteiger partial charge on any atom is -0.229 e. The monoisotopic (exact) mass is 102 g/mol. The Balaban J connectivity index is 0. The van der Waals surface area contributed by atoms with Gasteiger partial charge in [0, 0.05) is 18.9 Å². The third-order valence-electron chi connectivity index (χ3n) is 0. The van der Waals surface area contributed by atoms with Crippen molar-refractivity contribution in [3.05, 3.63) is 0 Å². The molecule has 0 unspecified atom stereocenters. The van der Waals surface area contributed by atoms with Gasteiger partial charge in [-0.2, -0.15) is 0 Å². The molecule has 1 radical (unpaired) electrons. The van der Waals surface area contributed by atoms with Crippen LogP contribution in [-0.4, -0.2) is 33.5 Å². The molecule has 0 aliphatic heterocycles. The number of sulfonamides is 1. The van der Waals surface area contributed by atoms with E-state index in [4.69, 9.17) is 0 Å². The Labute approximate surface area is 49.1 Å². The van der Waals surface area contributed by atoms with E-state index in [-0.39, 0.29) is 18.9 Å². The van der Waals surface area contributed by atoms with Gasteiger partial charge in [0.05, 0.1) is 6.26 Å². The molecule has 0 rings (SSSR count). The van der Waals surface area contributed by atoms with Crippen LogP contribution in [-0.2, 0) is 10.0 Å². The van der Waals surface area contributed by atoms with Gasteiger partial charge < -0.3 is 0 Å². The van der Waals surface area contributed by atoms with Crippen molar-refractivity contribution in [2.24, 2.45) is 5.14 Å². The maximum absolute atomic E-state index is 9.41. The normalized spacial score (nSPS) is 9.67. The van der Waals surface area contributed by atoms with Crippen molar-refractivity contribution < 1.29 is 8.42 Å². The van der Waals surface area contributed by atoms with Crippen molar-refractivity contribution in [3.8, 4) is 0 Å². The van der Waals surface area contributed by atoms with Crippen molar-refractivity contribution in [1.29, 1.82) is 0 Å². The van der Waals surface area contributed by atoms with E-state index < -0.39 is 10.0 Å². The van der Waals surface area contributed by atoms with Crippen molar-refractivity contribution in [1.82, 2.24) is 0 Å². The molecule has 0 aromatic rings. The van der Waals surface area contributed by atoms with Crippen molar-refractivity contribution in [2.45, 2.75) is 0 Å². The quantitative estimate of drug-likeness (QED) is 0.379. The summed E-state index contributed by atoms with van der Waals surface area (Å²) in [5.41, 5.74) is 0. The van der Waals surface area contributed by atoms with Crippen LogP contribution in [0.15, 0.2) is 0 Å². The SMILES string of the molecule is CS(N)(=O)=O.[Li]. The topological polar surface area (TPSA) is 60.2 Å². The molecule has 0 aliphatic carbocycles. The number of primary sulfonamides is 1. The molecule has 0 spiro atoms. The Bertz CT molecular complexity index is 96.7. The van der Waals surface area contributed by atoms with Crippen LogP contribution in [0.5, 0.6) is 0 Å². The predicted octanol–water partition coefficient (Wildman–Crippen LogP) is -1.48. The molecule has 0 saturated heterocycles. The van der Waals surface area contributed by atoms with Crippen molar-refractivity contribution in [3.63, 3.8) is 0 Å². The van der Waals surface area contributed by atoms with Gasteiger partial charge in [-0.3, -0.25) is 0 Å². The smallest absolute Gasteiger partial charge is 0.206 e. The zero-order chi connectivity index (χ0) is 4.50. The van der Waals surface area contributed by atoms with Crippen molar-refractivity contribution in [2.75, 3.05) is 6.26 Å². The summed E-state index contributed by atoms with van der Waals surface area (Å²) in [6.07, 6.45) is 0.938. The summed E-state index contributed by atoms with van der Waals surface area (Å²) in [5, 5.41) is 4.33. The summed E-state index contributed by atoms with van der Waals surface area (Å²) in [4.78, 5) is 0. The molecule has 3 nitrogen and oxygen atoms in total. The fourth-order valence-corrected chi connectivity index (χ4v) is 0. The standard InChI is InChI=1S/CH5NO2S.Li/c1-5(2,3)4;/h1H3,(H2,2,3,4);. The summed E-state index contributed by atoms with van der Waals surface area (Å²) < 4.78 is 18.8. The van der Waals surface area contributed by atoms with Gasteiger partial charge in [0.2, 0.25) is 10.0 Å². The number of rotatable bonds is 0. The number of hydrogen-bond donors (Lipinski definition) is 1. The Morgan fingerprint density at radius 1 is 1.50 bits per heavy atom. The van der Waals surface area contributed by atoms with Crippen molar-refractivity contribution >= 4 is 28.9 Å². The van der Waals surface area contributed by atoms with E-state index in [1.165, 1.54) is 0 Å². The fourth-order valence-electron chi connectivity index (χ4n) is 0. The van der Waals surface area contributed by atoms with E-state index >= 15 is 0 Å². The zero-order valence-electron chi connectivity index (χ0n) is 3.80. The molecular formula is CH5LiNO2S. The van der Waals surface area contributed by atoms with Crippen LogP contribution in [0, 0.1) is 0 Å². The minimum atomic E-state index is -3.17. The Morgan fingerprint density at radius 2 is 1.50 bits per heavy atom. The molecule has 0 fully saturated rings. The second-order valence-electron chi connectivity index (χ2n) is 0.830. The van der Waals surface area contributed by atoms with E-state index in [1.54, 1.807) is 0 Å². The van der Waals surface area contributed by atoms with Crippen LogP contribution in [0.1, 0.15) is 0 Å². The first-order valence-electron chi connectivity index (χ1n) is 0.977. The summed E-state index contributed by atoms with van der Waals surface area (Å²) in [7, 11) is -3.17. The molecule has 0 aliphatic rings. The van der Waals surface area contributed by atoms with Crippen LogP contribution < -0.4 is 5.14 Å². The molecule has 0 saturated carbocycles. The van der Waals surface area contributed by atoms with Gasteiger partial charge in [-0.25, -0.2) is 13.6 Å². The maximum atomic E-state index is 9.41. The van der Waals surface area contributed by atoms with E-state index in [0.29, 0.717) is 0 Å². The van der Waals surface area contributed by atoms with E-state index in [1.807, 2.05) is 0 Å². The van der Waals surface area contributed by atoms with Gasteiger partial charge in [0.25, 0.3) is 0 Å². The minimum absolute atomic E-state index is 0. The Hall–Kier alpha value is 0.507. The van der Waals surface area contributed by atoms with E-state index in [0.717, 1.165) is 6.26 Å². The van der Waals surface area contributed by atoms with E-state index in [9.17, 15) is 8.42 Å². The van der Waals surface area contributed by atoms with Gasteiger partial charge in [-0.1, -0.05) is 0 Å². The average Bonchev–Trinajstić information content (AvgIpc) is 0.722. The number of hydrogen-bond acceptors (Lipinski definition) is 2. The molecule has 0 aromatic carbocycles. The molecule has 0 amide bonds. The molecule has 33 valence electrons. The summed E-state index contributed by atoms with van der Waals surface area (Å²) in [6.45, 7) is 0. The summed E-state index contributed by atoms with van der Waals surface area (Å²) >= 11 is 0. The second kappa shape index (κ2) is 2.64. The van der Waals surface area contributed by atoms with Crippen LogP contribution in [0.4, 0.5) is 0 Å². The second-order valence-corrected chi connectivity index (χ2v) is 2.49. The van der Waals surface area contributed by atoms with E-state index in [2.05, 4.69) is 5.14 Å². The van der Waals surface area contributed by atoms with Gasteiger partial charge in [-0.15, -0.1) is 0 Å². The van der Waals surface area contributed by atoms with Crippen LogP contribution >= 0.6 is 0 Å². The molecule has 0 heterocycles. The summed E-state index contributed by atoms with van der Waals surface area (Å²) in [5.74, 6) is 0. The third kappa shape index (κ3) is 215. The zero-order valence-corrected chi connectivity index (χ0v) is 4.62. The maximum Gasteiger partial charge on any atom is 0.206 e. The molecule has 0 bridgehead atoms. The van der Waals surface area contributed by atoms with Crippen LogP contribution in [0.3, 0.4) is 0 Å². The Kier molecular flexibility index (Phi) is 4.28. The van der Waals surface area contributed by atoms with Crippen LogP contribution in [0.2, 0.25) is 0 Å². The molecule has 0 aromatic heterocycles. The van der Waals surface area contributed by atoms with Gasteiger partial charge in [0.1, 0.15) is 0 Å². The molecule has 2 N–H and O–H groups in total. The molecule has 0 atom stereocenters. The van der Waals surface area contributed by atoms with Gasteiger partial charge in [-0.05, 0) is 0 Å². The van der Waals surface area contributed by atoms with Gasteiger partial charge >= 0.3 is 0 Å². The predicted molar refractivity (Wildman–Crippen MR) is 24.8 cm³/mol. The summed E-state index contributed by atoms with van der Waals surface area (Å²) in [6, 6.07) is 0. The first kappa shape index (κ1) is 9.72. The largest absolute Gasteiger partial charge is 0.229 e. The average molecular weight is 102 g/mol. The third-order valence-corrected chi connectivity index (χ3v) is 0. The first-order chi connectivity index (χ1) is 2.00. The molecule has 5 heteroatoms. The first-order valence-corrected chi connectivity index (χ1v) is 2.93. The molecule has 6 heavy (non-hydrogen) atoms. The Morgan fingerprint density at radius 3 is 1.50 bits per heavy atom. The number of nitrogens with two attached hydrogens (primary N) is 1. The van der Waals surface area contributed by atoms with Crippen LogP contribution in [0.25, 0.3) is 0 Å². The molecular weight excluding hydrogens is 97.0 g/mol.